The number of ether oxygens (including phenoxy) is 1. The Morgan fingerprint density at radius 1 is 1.20 bits per heavy atom. The molecule has 2 aliphatic heterocycles. The van der Waals surface area contributed by atoms with Gasteiger partial charge in [0.15, 0.2) is 11.6 Å². The monoisotopic (exact) mass is 352 g/mol. The molecule has 1 aromatic carbocycles. The zero-order valence-electron chi connectivity index (χ0n) is 14.5. The summed E-state index contributed by atoms with van der Waals surface area (Å²) < 4.78 is 32.7. The molecule has 3 rings (SSSR count). The Morgan fingerprint density at radius 3 is 2.48 bits per heavy atom. The predicted octanol–water partition coefficient (Wildman–Crippen LogP) is 2.45. The molecular formula is C18H22F2N2O3. The van der Waals surface area contributed by atoms with Crippen molar-refractivity contribution in [1.82, 2.24) is 9.80 Å². The van der Waals surface area contributed by atoms with Gasteiger partial charge in [-0.25, -0.2) is 8.78 Å². The average molecular weight is 352 g/mol. The van der Waals surface area contributed by atoms with Gasteiger partial charge >= 0.3 is 0 Å². The minimum absolute atomic E-state index is 0.0179. The van der Waals surface area contributed by atoms with Crippen molar-refractivity contribution in [2.45, 2.75) is 25.7 Å². The third-order valence-corrected chi connectivity index (χ3v) is 5.47. The molecule has 136 valence electrons. The van der Waals surface area contributed by atoms with Gasteiger partial charge in [-0.3, -0.25) is 9.59 Å². The SMILES string of the molecule is COc1ccc(F)c(F)c1C(=O)N1CCC2(CCC(=O)N(C)C2)CC1. The third-order valence-electron chi connectivity index (χ3n) is 5.47. The predicted molar refractivity (Wildman–Crippen MR) is 87.4 cm³/mol. The first-order valence-electron chi connectivity index (χ1n) is 8.42. The highest BCUT2D eigenvalue weighted by Gasteiger charge is 2.41. The van der Waals surface area contributed by atoms with Crippen molar-refractivity contribution >= 4 is 11.8 Å². The number of hydrogen-bond donors (Lipinski definition) is 0. The number of methoxy groups -OCH3 is 1. The Kier molecular flexibility index (Phi) is 4.67. The molecule has 1 aromatic rings. The fourth-order valence-electron chi connectivity index (χ4n) is 3.89. The Morgan fingerprint density at radius 2 is 1.88 bits per heavy atom. The van der Waals surface area contributed by atoms with Gasteiger partial charge in [0, 0.05) is 33.1 Å². The van der Waals surface area contributed by atoms with Crippen molar-refractivity contribution in [3.05, 3.63) is 29.3 Å². The molecule has 2 aliphatic rings. The molecule has 0 bridgehead atoms. The molecule has 0 aromatic heterocycles. The van der Waals surface area contributed by atoms with Crippen LogP contribution in [0.25, 0.3) is 0 Å². The molecule has 2 heterocycles. The number of benzene rings is 1. The average Bonchev–Trinajstić information content (AvgIpc) is 2.61. The van der Waals surface area contributed by atoms with Gasteiger partial charge in [-0.2, -0.15) is 0 Å². The zero-order valence-corrected chi connectivity index (χ0v) is 14.5. The van der Waals surface area contributed by atoms with Gasteiger partial charge in [0.25, 0.3) is 5.91 Å². The second-order valence-electron chi connectivity index (χ2n) is 6.98. The quantitative estimate of drug-likeness (QED) is 0.822. The third kappa shape index (κ3) is 3.19. The van der Waals surface area contributed by atoms with E-state index in [4.69, 9.17) is 4.74 Å². The van der Waals surface area contributed by atoms with E-state index in [1.165, 1.54) is 13.2 Å². The molecule has 2 fully saturated rings. The van der Waals surface area contributed by atoms with Crippen molar-refractivity contribution in [3.63, 3.8) is 0 Å². The highest BCUT2D eigenvalue weighted by molar-refractivity contribution is 5.97. The van der Waals surface area contributed by atoms with E-state index < -0.39 is 17.5 Å². The van der Waals surface area contributed by atoms with Crippen LogP contribution in [0, 0.1) is 17.0 Å². The fraction of sp³-hybridized carbons (Fsp3) is 0.556. The Bertz CT molecular complexity index is 700. The summed E-state index contributed by atoms with van der Waals surface area (Å²) in [4.78, 5) is 27.7. The largest absolute Gasteiger partial charge is 0.496 e. The van der Waals surface area contributed by atoms with Crippen molar-refractivity contribution in [2.24, 2.45) is 5.41 Å². The van der Waals surface area contributed by atoms with Gasteiger partial charge in [0.05, 0.1) is 7.11 Å². The molecule has 7 heteroatoms. The van der Waals surface area contributed by atoms with Crippen LogP contribution in [-0.4, -0.2) is 55.4 Å². The maximum atomic E-state index is 14.2. The number of carbonyl (C=O) groups is 2. The summed E-state index contributed by atoms with van der Waals surface area (Å²) in [6.45, 7) is 1.60. The van der Waals surface area contributed by atoms with Crippen molar-refractivity contribution in [2.75, 3.05) is 33.8 Å². The maximum Gasteiger partial charge on any atom is 0.260 e. The number of carbonyl (C=O) groups excluding carboxylic acids is 2. The van der Waals surface area contributed by atoms with Gasteiger partial charge < -0.3 is 14.5 Å². The number of piperidine rings is 2. The van der Waals surface area contributed by atoms with Gasteiger partial charge in [0.2, 0.25) is 5.91 Å². The van der Waals surface area contributed by atoms with Gasteiger partial charge in [-0.15, -0.1) is 0 Å². The topological polar surface area (TPSA) is 49.9 Å². The summed E-state index contributed by atoms with van der Waals surface area (Å²) in [7, 11) is 3.12. The van der Waals surface area contributed by atoms with Crippen LogP contribution in [0.2, 0.25) is 0 Å². The van der Waals surface area contributed by atoms with Gasteiger partial charge in [0.1, 0.15) is 11.3 Å². The highest BCUT2D eigenvalue weighted by atomic mass is 19.2. The lowest BCUT2D eigenvalue weighted by molar-refractivity contribution is -0.137. The summed E-state index contributed by atoms with van der Waals surface area (Å²) in [5, 5.41) is 0. The molecule has 25 heavy (non-hydrogen) atoms. The van der Waals surface area contributed by atoms with Gasteiger partial charge in [-0.05, 0) is 36.8 Å². The molecule has 0 saturated carbocycles. The summed E-state index contributed by atoms with van der Waals surface area (Å²) in [5.74, 6) is -2.61. The molecular weight excluding hydrogens is 330 g/mol. The van der Waals surface area contributed by atoms with Crippen molar-refractivity contribution in [1.29, 1.82) is 0 Å². The smallest absolute Gasteiger partial charge is 0.260 e. The lowest BCUT2D eigenvalue weighted by atomic mass is 9.72. The first-order valence-corrected chi connectivity index (χ1v) is 8.42. The fourth-order valence-corrected chi connectivity index (χ4v) is 3.89. The van der Waals surface area contributed by atoms with Crippen LogP contribution in [0.15, 0.2) is 12.1 Å². The second kappa shape index (κ2) is 6.61. The van der Waals surface area contributed by atoms with E-state index in [-0.39, 0.29) is 22.6 Å². The van der Waals surface area contributed by atoms with Crippen LogP contribution in [0.3, 0.4) is 0 Å². The number of nitrogens with zero attached hydrogens (tertiary/aromatic N) is 2. The molecule has 0 radical (unpaired) electrons. The first-order chi connectivity index (χ1) is 11.9. The van der Waals surface area contributed by atoms with E-state index in [2.05, 4.69) is 0 Å². The van der Waals surface area contributed by atoms with Crippen molar-refractivity contribution in [3.8, 4) is 5.75 Å². The maximum absolute atomic E-state index is 14.2. The molecule has 0 aliphatic carbocycles. The van der Waals surface area contributed by atoms with Gasteiger partial charge in [-0.1, -0.05) is 0 Å². The van der Waals surface area contributed by atoms with E-state index in [0.29, 0.717) is 26.1 Å². The van der Waals surface area contributed by atoms with E-state index in [0.717, 1.165) is 25.3 Å². The normalized spacial score (nSPS) is 20.1. The lowest BCUT2D eigenvalue weighted by Crippen LogP contribution is -2.51. The molecule has 2 saturated heterocycles. The van der Waals surface area contributed by atoms with E-state index in [1.807, 2.05) is 0 Å². The molecule has 0 N–H and O–H groups in total. The Balaban J connectivity index is 1.75. The Labute approximate surface area is 145 Å². The van der Waals surface area contributed by atoms with Crippen molar-refractivity contribution < 1.29 is 23.1 Å². The van der Waals surface area contributed by atoms with Crippen LogP contribution in [0.1, 0.15) is 36.0 Å². The second-order valence-corrected chi connectivity index (χ2v) is 6.98. The van der Waals surface area contributed by atoms with E-state index >= 15 is 0 Å². The number of rotatable bonds is 2. The number of likely N-dealkylation sites (tertiary alicyclic amines) is 2. The minimum atomic E-state index is -1.17. The number of amides is 2. The first kappa shape index (κ1) is 17.6. The number of halogens is 2. The summed E-state index contributed by atoms with van der Waals surface area (Å²) >= 11 is 0. The van der Waals surface area contributed by atoms with E-state index in [1.54, 1.807) is 16.8 Å². The number of hydrogen-bond acceptors (Lipinski definition) is 3. The van der Waals surface area contributed by atoms with Crippen LogP contribution in [-0.2, 0) is 4.79 Å². The Hall–Kier alpha value is -2.18. The molecule has 2 amide bonds. The minimum Gasteiger partial charge on any atom is -0.496 e. The van der Waals surface area contributed by atoms with Crippen LogP contribution in [0.4, 0.5) is 8.78 Å². The summed E-state index contributed by atoms with van der Waals surface area (Å²) in [5.41, 5.74) is -0.335. The molecule has 0 atom stereocenters. The summed E-state index contributed by atoms with van der Waals surface area (Å²) in [6.07, 6.45) is 2.83. The van der Waals surface area contributed by atoms with Crippen LogP contribution < -0.4 is 4.74 Å². The standard InChI is InChI=1S/C18H22F2N2O3/c1-21-11-18(6-5-14(21)23)7-9-22(10-8-18)17(24)15-13(25-2)4-3-12(19)16(15)20/h3-4H,5-11H2,1-2H3. The lowest BCUT2D eigenvalue weighted by Gasteiger charge is -2.46. The van der Waals surface area contributed by atoms with Crippen LogP contribution in [0.5, 0.6) is 5.75 Å². The molecule has 1 spiro atoms. The molecule has 5 nitrogen and oxygen atoms in total. The molecule has 0 unspecified atom stereocenters. The van der Waals surface area contributed by atoms with E-state index in [9.17, 15) is 18.4 Å². The highest BCUT2D eigenvalue weighted by Crippen LogP contribution is 2.40. The van der Waals surface area contributed by atoms with Crippen LogP contribution >= 0.6 is 0 Å². The summed E-state index contributed by atoms with van der Waals surface area (Å²) in [6, 6.07) is 2.21. The zero-order chi connectivity index (χ0) is 18.2.